The molecule has 26 heavy (non-hydrogen) atoms. The third-order valence-electron chi connectivity index (χ3n) is 5.16. The van der Waals surface area contributed by atoms with Crippen LogP contribution in [0.15, 0.2) is 48.0 Å². The SMILES string of the molecule is CC1=C(c2ccccc2F)C(=O)N(C(C)(C)c2cc(F)cc(Cl)c2)C1C. The first-order valence-electron chi connectivity index (χ1n) is 8.40. The van der Waals surface area contributed by atoms with Crippen molar-refractivity contribution < 1.29 is 13.6 Å². The van der Waals surface area contributed by atoms with Gasteiger partial charge in [0.05, 0.1) is 17.2 Å². The van der Waals surface area contributed by atoms with Crippen LogP contribution in [-0.2, 0) is 10.3 Å². The number of benzene rings is 2. The number of halogens is 3. The van der Waals surface area contributed by atoms with Gasteiger partial charge in [0.2, 0.25) is 0 Å². The second kappa shape index (κ2) is 6.51. The van der Waals surface area contributed by atoms with Crippen molar-refractivity contribution in [1.29, 1.82) is 0 Å². The summed E-state index contributed by atoms with van der Waals surface area (Å²) in [6.45, 7) is 7.40. The maximum atomic E-state index is 14.3. The molecule has 1 heterocycles. The Hall–Kier alpha value is -2.20. The highest BCUT2D eigenvalue weighted by molar-refractivity contribution is 6.30. The van der Waals surface area contributed by atoms with Gasteiger partial charge in [0, 0.05) is 10.6 Å². The standard InChI is InChI=1S/C21H20ClF2NO/c1-12-13(2)25(20(26)19(12)17-7-5-6-8-18(17)24)21(3,4)14-9-15(22)11-16(23)10-14/h5-11,13H,1-4H3. The molecular weight excluding hydrogens is 356 g/mol. The van der Waals surface area contributed by atoms with E-state index in [0.717, 1.165) is 5.57 Å². The second-order valence-corrected chi connectivity index (χ2v) is 7.54. The van der Waals surface area contributed by atoms with E-state index >= 15 is 0 Å². The summed E-state index contributed by atoms with van der Waals surface area (Å²) in [5, 5.41) is 0.270. The number of hydrogen-bond acceptors (Lipinski definition) is 1. The predicted octanol–water partition coefficient (Wildman–Crippen LogP) is 5.56. The Morgan fingerprint density at radius 2 is 1.77 bits per heavy atom. The molecule has 0 aliphatic carbocycles. The van der Waals surface area contributed by atoms with E-state index < -0.39 is 17.2 Å². The topological polar surface area (TPSA) is 20.3 Å². The molecule has 1 aliphatic heterocycles. The van der Waals surface area contributed by atoms with Gasteiger partial charge in [-0.3, -0.25) is 4.79 Å². The van der Waals surface area contributed by atoms with Crippen LogP contribution in [0.2, 0.25) is 5.02 Å². The van der Waals surface area contributed by atoms with Crippen molar-refractivity contribution in [2.75, 3.05) is 0 Å². The molecule has 0 fully saturated rings. The molecule has 1 atom stereocenters. The molecule has 0 saturated heterocycles. The lowest BCUT2D eigenvalue weighted by molar-refractivity contribution is -0.130. The summed E-state index contributed by atoms with van der Waals surface area (Å²) in [6.07, 6.45) is 0. The summed E-state index contributed by atoms with van der Waals surface area (Å²) in [4.78, 5) is 14.9. The zero-order valence-corrected chi connectivity index (χ0v) is 15.9. The van der Waals surface area contributed by atoms with Gasteiger partial charge in [-0.15, -0.1) is 0 Å². The first-order valence-corrected chi connectivity index (χ1v) is 8.78. The van der Waals surface area contributed by atoms with Crippen molar-refractivity contribution in [3.05, 3.63) is 75.8 Å². The van der Waals surface area contributed by atoms with Crippen LogP contribution < -0.4 is 0 Å². The lowest BCUT2D eigenvalue weighted by Crippen LogP contribution is -2.47. The third-order valence-corrected chi connectivity index (χ3v) is 5.37. The van der Waals surface area contributed by atoms with Crippen LogP contribution in [0.5, 0.6) is 0 Å². The quantitative estimate of drug-likeness (QED) is 0.688. The summed E-state index contributed by atoms with van der Waals surface area (Å²) in [5.41, 5.74) is 1.21. The van der Waals surface area contributed by atoms with Crippen molar-refractivity contribution in [3.8, 4) is 0 Å². The van der Waals surface area contributed by atoms with Crippen LogP contribution in [0, 0.1) is 11.6 Å². The fraction of sp³-hybridized carbons (Fsp3) is 0.286. The molecule has 5 heteroatoms. The smallest absolute Gasteiger partial charge is 0.255 e. The maximum Gasteiger partial charge on any atom is 0.255 e. The Balaban J connectivity index is 2.08. The zero-order valence-electron chi connectivity index (χ0n) is 15.1. The Morgan fingerprint density at radius 1 is 1.12 bits per heavy atom. The van der Waals surface area contributed by atoms with Crippen molar-refractivity contribution in [3.63, 3.8) is 0 Å². The van der Waals surface area contributed by atoms with Crippen LogP contribution in [0.25, 0.3) is 5.57 Å². The van der Waals surface area contributed by atoms with Crippen LogP contribution in [0.4, 0.5) is 8.78 Å². The van der Waals surface area contributed by atoms with Crippen LogP contribution >= 0.6 is 11.6 Å². The second-order valence-electron chi connectivity index (χ2n) is 7.11. The molecule has 2 aromatic rings. The summed E-state index contributed by atoms with van der Waals surface area (Å²) < 4.78 is 28.2. The zero-order chi connectivity index (χ0) is 19.2. The largest absolute Gasteiger partial charge is 0.323 e. The molecule has 0 saturated carbocycles. The minimum atomic E-state index is -0.823. The number of nitrogens with zero attached hydrogens (tertiary/aromatic N) is 1. The average Bonchev–Trinajstić information content (AvgIpc) is 2.77. The highest BCUT2D eigenvalue weighted by Crippen LogP contribution is 2.42. The summed E-state index contributed by atoms with van der Waals surface area (Å²) in [6, 6.07) is 10.2. The molecule has 1 aliphatic rings. The summed E-state index contributed by atoms with van der Waals surface area (Å²) in [7, 11) is 0. The molecule has 2 nitrogen and oxygen atoms in total. The fourth-order valence-corrected chi connectivity index (χ4v) is 3.87. The number of amides is 1. The van der Waals surface area contributed by atoms with Crippen molar-refractivity contribution in [1.82, 2.24) is 4.90 Å². The molecule has 0 spiro atoms. The van der Waals surface area contributed by atoms with Gasteiger partial charge < -0.3 is 4.90 Å². The van der Waals surface area contributed by atoms with E-state index in [-0.39, 0.29) is 22.5 Å². The van der Waals surface area contributed by atoms with E-state index in [4.69, 9.17) is 11.6 Å². The maximum absolute atomic E-state index is 14.3. The number of hydrogen-bond donors (Lipinski definition) is 0. The van der Waals surface area contributed by atoms with E-state index in [2.05, 4.69) is 0 Å². The fourth-order valence-electron chi connectivity index (χ4n) is 3.64. The minimum Gasteiger partial charge on any atom is -0.323 e. The van der Waals surface area contributed by atoms with Crippen molar-refractivity contribution in [2.24, 2.45) is 0 Å². The molecular formula is C21H20ClF2NO. The summed E-state index contributed by atoms with van der Waals surface area (Å²) in [5.74, 6) is -1.17. The Labute approximate surface area is 157 Å². The van der Waals surface area contributed by atoms with E-state index in [9.17, 15) is 13.6 Å². The molecule has 0 aromatic heterocycles. The van der Waals surface area contributed by atoms with Gasteiger partial charge in [0.1, 0.15) is 11.6 Å². The van der Waals surface area contributed by atoms with Gasteiger partial charge >= 0.3 is 0 Å². The number of carbonyl (C=O) groups is 1. The van der Waals surface area contributed by atoms with E-state index in [1.807, 2.05) is 27.7 Å². The van der Waals surface area contributed by atoms with Gasteiger partial charge in [-0.1, -0.05) is 29.8 Å². The highest BCUT2D eigenvalue weighted by Gasteiger charge is 2.44. The van der Waals surface area contributed by atoms with Crippen LogP contribution in [0.3, 0.4) is 0 Å². The monoisotopic (exact) mass is 375 g/mol. The normalized spacial score (nSPS) is 18.0. The molecule has 136 valence electrons. The molecule has 0 N–H and O–H groups in total. The Bertz CT molecular complexity index is 900. The number of carbonyl (C=O) groups excluding carboxylic acids is 1. The average molecular weight is 376 g/mol. The Morgan fingerprint density at radius 3 is 2.38 bits per heavy atom. The lowest BCUT2D eigenvalue weighted by Gasteiger charge is -2.40. The van der Waals surface area contributed by atoms with Gasteiger partial charge in [0.25, 0.3) is 5.91 Å². The van der Waals surface area contributed by atoms with Gasteiger partial charge in [-0.2, -0.15) is 0 Å². The molecule has 3 rings (SSSR count). The lowest BCUT2D eigenvalue weighted by atomic mass is 9.91. The Kier molecular flexibility index (Phi) is 4.65. The third kappa shape index (κ3) is 2.92. The first-order chi connectivity index (χ1) is 12.1. The van der Waals surface area contributed by atoms with Crippen molar-refractivity contribution in [2.45, 2.75) is 39.3 Å². The number of rotatable bonds is 3. The summed E-state index contributed by atoms with van der Waals surface area (Å²) >= 11 is 6.01. The molecule has 0 radical (unpaired) electrons. The van der Waals surface area contributed by atoms with Gasteiger partial charge in [-0.05, 0) is 63.1 Å². The van der Waals surface area contributed by atoms with Crippen molar-refractivity contribution >= 4 is 23.1 Å². The van der Waals surface area contributed by atoms with E-state index in [0.29, 0.717) is 11.1 Å². The first kappa shape index (κ1) is 18.6. The molecule has 1 unspecified atom stereocenters. The van der Waals surface area contributed by atoms with Crippen LogP contribution in [-0.4, -0.2) is 16.8 Å². The van der Waals surface area contributed by atoms with Gasteiger partial charge in [0.15, 0.2) is 0 Å². The van der Waals surface area contributed by atoms with E-state index in [1.54, 1.807) is 29.2 Å². The van der Waals surface area contributed by atoms with Crippen LogP contribution in [0.1, 0.15) is 38.8 Å². The van der Waals surface area contributed by atoms with Gasteiger partial charge in [-0.25, -0.2) is 8.78 Å². The molecule has 1 amide bonds. The molecule has 2 aromatic carbocycles. The highest BCUT2D eigenvalue weighted by atomic mass is 35.5. The van der Waals surface area contributed by atoms with E-state index in [1.165, 1.54) is 18.2 Å². The molecule has 0 bridgehead atoms. The minimum absolute atomic E-state index is 0.255. The predicted molar refractivity (Wildman–Crippen MR) is 99.7 cm³/mol.